The first-order valence-electron chi connectivity index (χ1n) is 5.72. The second kappa shape index (κ2) is 5.11. The predicted octanol–water partition coefficient (Wildman–Crippen LogP) is 1.17. The van der Waals surface area contributed by atoms with Crippen LogP contribution in [-0.4, -0.2) is 42.2 Å². The highest BCUT2D eigenvalue weighted by atomic mass is 19.4. The van der Waals surface area contributed by atoms with Gasteiger partial charge in [0.25, 0.3) is 0 Å². The Morgan fingerprint density at radius 2 is 2.00 bits per heavy atom. The summed E-state index contributed by atoms with van der Waals surface area (Å²) in [4.78, 5) is 5.14. The van der Waals surface area contributed by atoms with Crippen molar-refractivity contribution in [3.05, 3.63) is 23.9 Å². The first-order valence-corrected chi connectivity index (χ1v) is 5.72. The van der Waals surface area contributed by atoms with Gasteiger partial charge in [-0.15, -0.1) is 0 Å². The van der Waals surface area contributed by atoms with E-state index in [4.69, 9.17) is 5.73 Å². The van der Waals surface area contributed by atoms with Gasteiger partial charge in [0.15, 0.2) is 0 Å². The van der Waals surface area contributed by atoms with Crippen LogP contribution in [0.2, 0.25) is 0 Å². The molecule has 1 saturated heterocycles. The molecular weight excluding hydrogens is 245 g/mol. The molecular formula is C11H15F3N4. The van der Waals surface area contributed by atoms with E-state index in [1.807, 2.05) is 0 Å². The summed E-state index contributed by atoms with van der Waals surface area (Å²) in [5.74, 6) is -0.0571. The van der Waals surface area contributed by atoms with Crippen molar-refractivity contribution in [1.29, 1.82) is 0 Å². The summed E-state index contributed by atoms with van der Waals surface area (Å²) in [6.07, 6.45) is -2.96. The SMILES string of the molecule is Nc1ncccc1[C@H](N1CCNCC1)C(F)(F)F. The topological polar surface area (TPSA) is 54.2 Å². The maximum absolute atomic E-state index is 13.2. The van der Waals surface area contributed by atoms with Gasteiger partial charge in [0.1, 0.15) is 11.9 Å². The number of nitrogens with zero attached hydrogens (tertiary/aromatic N) is 2. The number of halogens is 3. The molecule has 2 heterocycles. The monoisotopic (exact) mass is 260 g/mol. The number of nitrogens with two attached hydrogens (primary N) is 1. The fraction of sp³-hybridized carbons (Fsp3) is 0.545. The molecule has 100 valence electrons. The van der Waals surface area contributed by atoms with Gasteiger partial charge in [-0.05, 0) is 6.07 Å². The summed E-state index contributed by atoms with van der Waals surface area (Å²) in [5.41, 5.74) is 5.61. The van der Waals surface area contributed by atoms with Crippen molar-refractivity contribution < 1.29 is 13.2 Å². The van der Waals surface area contributed by atoms with E-state index in [1.54, 1.807) is 0 Å². The summed E-state index contributed by atoms with van der Waals surface area (Å²) in [7, 11) is 0. The highest BCUT2D eigenvalue weighted by Crippen LogP contribution is 2.39. The summed E-state index contributed by atoms with van der Waals surface area (Å²) in [5, 5.41) is 3.03. The quantitative estimate of drug-likeness (QED) is 0.838. The third kappa shape index (κ3) is 2.73. The summed E-state index contributed by atoms with van der Waals surface area (Å²) in [6, 6.07) is 1.20. The summed E-state index contributed by atoms with van der Waals surface area (Å²) >= 11 is 0. The van der Waals surface area contributed by atoms with Crippen LogP contribution in [0.25, 0.3) is 0 Å². The third-order valence-corrected chi connectivity index (χ3v) is 2.99. The molecule has 1 aromatic rings. The highest BCUT2D eigenvalue weighted by Gasteiger charge is 2.45. The lowest BCUT2D eigenvalue weighted by Crippen LogP contribution is -2.49. The van der Waals surface area contributed by atoms with Gasteiger partial charge in [-0.3, -0.25) is 4.90 Å². The number of hydrogen-bond acceptors (Lipinski definition) is 4. The molecule has 1 aromatic heterocycles. The molecule has 1 atom stereocenters. The molecule has 1 aliphatic heterocycles. The first kappa shape index (κ1) is 13.1. The molecule has 0 saturated carbocycles. The van der Waals surface area contributed by atoms with Crippen molar-refractivity contribution in [2.45, 2.75) is 12.2 Å². The van der Waals surface area contributed by atoms with E-state index in [0.29, 0.717) is 26.2 Å². The van der Waals surface area contributed by atoms with Crippen molar-refractivity contribution in [1.82, 2.24) is 15.2 Å². The van der Waals surface area contributed by atoms with Crippen molar-refractivity contribution in [2.24, 2.45) is 0 Å². The van der Waals surface area contributed by atoms with E-state index in [9.17, 15) is 13.2 Å². The molecule has 0 spiro atoms. The molecule has 18 heavy (non-hydrogen) atoms. The van der Waals surface area contributed by atoms with Crippen LogP contribution in [0.5, 0.6) is 0 Å². The minimum Gasteiger partial charge on any atom is -0.383 e. The molecule has 1 aliphatic rings. The second-order valence-electron chi connectivity index (χ2n) is 4.21. The normalized spacial score (nSPS) is 19.7. The number of piperazine rings is 1. The molecule has 0 aliphatic carbocycles. The van der Waals surface area contributed by atoms with Crippen molar-refractivity contribution in [3.63, 3.8) is 0 Å². The van der Waals surface area contributed by atoms with Gasteiger partial charge < -0.3 is 11.1 Å². The fourth-order valence-electron chi connectivity index (χ4n) is 2.18. The zero-order valence-electron chi connectivity index (χ0n) is 9.74. The van der Waals surface area contributed by atoms with Crippen LogP contribution < -0.4 is 11.1 Å². The van der Waals surface area contributed by atoms with Crippen LogP contribution >= 0.6 is 0 Å². The van der Waals surface area contributed by atoms with E-state index in [1.165, 1.54) is 23.2 Å². The van der Waals surface area contributed by atoms with Gasteiger partial charge >= 0.3 is 6.18 Å². The number of anilines is 1. The molecule has 4 nitrogen and oxygen atoms in total. The van der Waals surface area contributed by atoms with Gasteiger partial charge in [-0.1, -0.05) is 6.07 Å². The smallest absolute Gasteiger partial charge is 0.383 e. The number of hydrogen-bond donors (Lipinski definition) is 2. The lowest BCUT2D eigenvalue weighted by Gasteiger charge is -2.36. The van der Waals surface area contributed by atoms with E-state index in [2.05, 4.69) is 10.3 Å². The van der Waals surface area contributed by atoms with Crippen LogP contribution in [0.4, 0.5) is 19.0 Å². The Kier molecular flexibility index (Phi) is 3.72. The summed E-state index contributed by atoms with van der Waals surface area (Å²) in [6.45, 7) is 1.79. The number of pyridine rings is 1. The Morgan fingerprint density at radius 1 is 1.33 bits per heavy atom. The second-order valence-corrected chi connectivity index (χ2v) is 4.21. The van der Waals surface area contributed by atoms with Crippen LogP contribution in [0, 0.1) is 0 Å². The van der Waals surface area contributed by atoms with Gasteiger partial charge in [0.2, 0.25) is 0 Å². The molecule has 3 N–H and O–H groups in total. The van der Waals surface area contributed by atoms with E-state index in [0.717, 1.165) is 0 Å². The highest BCUT2D eigenvalue weighted by molar-refractivity contribution is 5.41. The zero-order valence-corrected chi connectivity index (χ0v) is 9.74. The maximum atomic E-state index is 13.2. The van der Waals surface area contributed by atoms with Gasteiger partial charge in [0.05, 0.1) is 0 Å². The van der Waals surface area contributed by atoms with Gasteiger partial charge in [-0.25, -0.2) is 4.98 Å². The molecule has 0 unspecified atom stereocenters. The number of nitrogen functional groups attached to an aromatic ring is 1. The minimum absolute atomic E-state index is 0.0342. The number of nitrogens with one attached hydrogen (secondary N) is 1. The first-order chi connectivity index (χ1) is 8.50. The number of aromatic nitrogens is 1. The number of rotatable bonds is 2. The molecule has 0 aromatic carbocycles. The average molecular weight is 260 g/mol. The standard InChI is InChI=1S/C11H15F3N4/c12-11(13,14)9(18-6-4-16-5-7-18)8-2-1-3-17-10(8)15/h1-3,9,16H,4-7H2,(H2,15,17)/t9-/m0/s1. The maximum Gasteiger partial charge on any atom is 0.408 e. The minimum atomic E-state index is -4.35. The third-order valence-electron chi connectivity index (χ3n) is 2.99. The van der Waals surface area contributed by atoms with Gasteiger partial charge in [-0.2, -0.15) is 13.2 Å². The van der Waals surface area contributed by atoms with Crippen molar-refractivity contribution >= 4 is 5.82 Å². The Balaban J connectivity index is 2.34. The Morgan fingerprint density at radius 3 is 2.56 bits per heavy atom. The van der Waals surface area contributed by atoms with Crippen molar-refractivity contribution in [2.75, 3.05) is 31.9 Å². The number of alkyl halides is 3. The lowest BCUT2D eigenvalue weighted by molar-refractivity contribution is -0.187. The largest absolute Gasteiger partial charge is 0.408 e. The van der Waals surface area contributed by atoms with Crippen LogP contribution in [0.15, 0.2) is 18.3 Å². The zero-order chi connectivity index (χ0) is 13.2. The summed E-state index contributed by atoms with van der Waals surface area (Å²) < 4.78 is 39.7. The Hall–Kier alpha value is -1.34. The molecule has 2 rings (SSSR count). The average Bonchev–Trinajstić information content (AvgIpc) is 2.32. The fourth-order valence-corrected chi connectivity index (χ4v) is 2.18. The molecule has 0 radical (unpaired) electrons. The Bertz CT molecular complexity index is 402. The van der Waals surface area contributed by atoms with Crippen LogP contribution in [-0.2, 0) is 0 Å². The lowest BCUT2D eigenvalue weighted by atomic mass is 10.0. The van der Waals surface area contributed by atoms with E-state index >= 15 is 0 Å². The molecule has 0 bridgehead atoms. The molecule has 1 fully saturated rings. The Labute approximate surface area is 103 Å². The van der Waals surface area contributed by atoms with Crippen LogP contribution in [0.3, 0.4) is 0 Å². The van der Waals surface area contributed by atoms with E-state index in [-0.39, 0.29) is 11.4 Å². The predicted molar refractivity (Wildman–Crippen MR) is 61.9 cm³/mol. The molecule has 0 amide bonds. The van der Waals surface area contributed by atoms with Gasteiger partial charge in [0, 0.05) is 37.9 Å². The van der Waals surface area contributed by atoms with Crippen molar-refractivity contribution in [3.8, 4) is 0 Å². The molecule has 7 heteroatoms. The van der Waals surface area contributed by atoms with Crippen LogP contribution in [0.1, 0.15) is 11.6 Å². The van der Waals surface area contributed by atoms with E-state index < -0.39 is 12.2 Å².